The van der Waals surface area contributed by atoms with Crippen LogP contribution in [0.3, 0.4) is 0 Å². The summed E-state index contributed by atoms with van der Waals surface area (Å²) >= 11 is 15.2. The van der Waals surface area contributed by atoms with Gasteiger partial charge in [0.05, 0.1) is 22.3 Å². The molecule has 0 aromatic heterocycles. The van der Waals surface area contributed by atoms with Gasteiger partial charge in [-0.25, -0.2) is 4.79 Å². The lowest BCUT2D eigenvalue weighted by atomic mass is 10.3. The van der Waals surface area contributed by atoms with Gasteiger partial charge in [0.15, 0.2) is 0 Å². The molecule has 2 N–H and O–H groups in total. The van der Waals surface area contributed by atoms with Gasteiger partial charge in [-0.15, -0.1) is 0 Å². The van der Waals surface area contributed by atoms with Crippen LogP contribution in [0.1, 0.15) is 0 Å². The minimum Gasteiger partial charge on any atom is -0.480 e. The Hall–Kier alpha value is -1.02. The molecule has 21 heavy (non-hydrogen) atoms. The van der Waals surface area contributed by atoms with Crippen LogP contribution in [-0.4, -0.2) is 48.8 Å². The summed E-state index contributed by atoms with van der Waals surface area (Å²) in [5.41, 5.74) is 0.294. The maximum absolute atomic E-state index is 12.1. The second-order valence-electron chi connectivity index (χ2n) is 3.96. The van der Waals surface area contributed by atoms with Crippen LogP contribution in [-0.2, 0) is 9.53 Å². The summed E-state index contributed by atoms with van der Waals surface area (Å²) in [4.78, 5) is 24.0. The van der Waals surface area contributed by atoms with Gasteiger partial charge in [0.1, 0.15) is 6.54 Å². The highest BCUT2D eigenvalue weighted by Gasteiger charge is 2.18. The normalized spacial score (nSPS) is 10.3. The summed E-state index contributed by atoms with van der Waals surface area (Å²) in [6, 6.07) is 2.58. The van der Waals surface area contributed by atoms with Gasteiger partial charge < -0.3 is 20.1 Å². The molecule has 0 unspecified atom stereocenters. The van der Waals surface area contributed by atoms with Crippen LogP contribution in [0.4, 0.5) is 10.5 Å². The van der Waals surface area contributed by atoms with E-state index < -0.39 is 18.5 Å². The fourth-order valence-corrected chi connectivity index (χ4v) is 2.26. The fraction of sp³-hybridized carbons (Fsp3) is 0.333. The van der Waals surface area contributed by atoms with Crippen molar-refractivity contribution < 1.29 is 19.4 Å². The smallest absolute Gasteiger partial charge is 0.323 e. The highest BCUT2D eigenvalue weighted by molar-refractivity contribution is 9.10. The Kier molecular flexibility index (Phi) is 7.24. The number of nitrogens with zero attached hydrogens (tertiary/aromatic N) is 1. The third-order valence-corrected chi connectivity index (χ3v) is 4.23. The number of carboxylic acids is 1. The summed E-state index contributed by atoms with van der Waals surface area (Å²) in [6.07, 6.45) is 0. The number of carboxylic acid groups (broad SMARTS) is 1. The number of halogens is 3. The molecule has 0 fully saturated rings. The lowest BCUT2D eigenvalue weighted by Gasteiger charge is -2.21. The summed E-state index contributed by atoms with van der Waals surface area (Å²) in [5.74, 6) is -1.12. The Morgan fingerprint density at radius 1 is 1.38 bits per heavy atom. The molecule has 1 aromatic rings. The Morgan fingerprint density at radius 2 is 2.05 bits per heavy atom. The van der Waals surface area contributed by atoms with Crippen LogP contribution in [0.5, 0.6) is 0 Å². The average Bonchev–Trinajstić information content (AvgIpc) is 2.43. The fourth-order valence-electron chi connectivity index (χ4n) is 1.43. The molecule has 6 nitrogen and oxygen atoms in total. The first kappa shape index (κ1) is 18.0. The number of hydrogen-bond acceptors (Lipinski definition) is 3. The van der Waals surface area contributed by atoms with Gasteiger partial charge in [0, 0.05) is 18.1 Å². The number of nitrogens with one attached hydrogen (secondary N) is 1. The van der Waals surface area contributed by atoms with Crippen LogP contribution >= 0.6 is 39.1 Å². The minimum atomic E-state index is -1.12. The number of aliphatic carboxylic acids is 1. The predicted molar refractivity (Wildman–Crippen MR) is 84.3 cm³/mol. The van der Waals surface area contributed by atoms with Crippen molar-refractivity contribution in [2.75, 3.05) is 32.1 Å². The maximum Gasteiger partial charge on any atom is 0.323 e. The van der Waals surface area contributed by atoms with E-state index in [1.807, 2.05) is 0 Å². The Labute approximate surface area is 140 Å². The van der Waals surface area contributed by atoms with E-state index in [2.05, 4.69) is 21.2 Å². The van der Waals surface area contributed by atoms with Gasteiger partial charge >= 0.3 is 12.0 Å². The zero-order valence-corrected chi connectivity index (χ0v) is 14.1. The van der Waals surface area contributed by atoms with E-state index in [9.17, 15) is 9.59 Å². The van der Waals surface area contributed by atoms with Gasteiger partial charge in [-0.05, 0) is 28.1 Å². The lowest BCUT2D eigenvalue weighted by molar-refractivity contribution is -0.137. The van der Waals surface area contributed by atoms with Crippen molar-refractivity contribution in [2.45, 2.75) is 0 Å². The van der Waals surface area contributed by atoms with E-state index >= 15 is 0 Å². The highest BCUT2D eigenvalue weighted by Crippen LogP contribution is 2.35. The summed E-state index contributed by atoms with van der Waals surface area (Å²) in [7, 11) is 1.46. The summed E-state index contributed by atoms with van der Waals surface area (Å²) < 4.78 is 5.44. The first-order valence-corrected chi connectivity index (χ1v) is 7.31. The Bertz CT molecular complexity index is 542. The molecule has 0 heterocycles. The van der Waals surface area contributed by atoms with Crippen LogP contribution in [0.15, 0.2) is 16.6 Å². The molecule has 0 spiro atoms. The largest absolute Gasteiger partial charge is 0.480 e. The van der Waals surface area contributed by atoms with Gasteiger partial charge in [0.25, 0.3) is 0 Å². The molecular weight excluding hydrogens is 387 g/mol. The van der Waals surface area contributed by atoms with E-state index in [4.69, 9.17) is 33.0 Å². The number of hydrogen-bond donors (Lipinski definition) is 2. The first-order valence-electron chi connectivity index (χ1n) is 5.77. The number of carbonyl (C=O) groups excluding carboxylic acids is 1. The van der Waals surface area contributed by atoms with Gasteiger partial charge in [0.2, 0.25) is 0 Å². The zero-order valence-electron chi connectivity index (χ0n) is 11.0. The molecule has 0 aliphatic rings. The van der Waals surface area contributed by atoms with E-state index in [1.165, 1.54) is 7.11 Å². The molecule has 1 rings (SSSR count). The Balaban J connectivity index is 2.85. The van der Waals surface area contributed by atoms with Gasteiger partial charge in [-0.1, -0.05) is 23.2 Å². The molecule has 0 atom stereocenters. The maximum atomic E-state index is 12.1. The van der Waals surface area contributed by atoms with Crippen molar-refractivity contribution >= 4 is 56.8 Å². The van der Waals surface area contributed by atoms with E-state index in [0.29, 0.717) is 10.2 Å². The molecular formula is C12H13BrCl2N2O4. The number of anilines is 1. The molecule has 0 aliphatic heterocycles. The molecule has 9 heteroatoms. The number of benzene rings is 1. The molecule has 0 saturated heterocycles. The van der Waals surface area contributed by atoms with Crippen molar-refractivity contribution in [3.8, 4) is 0 Å². The van der Waals surface area contributed by atoms with Crippen LogP contribution in [0, 0.1) is 0 Å². The molecule has 2 amide bonds. The topological polar surface area (TPSA) is 78.9 Å². The quantitative estimate of drug-likeness (QED) is 0.719. The number of rotatable bonds is 6. The second kappa shape index (κ2) is 8.43. The SMILES string of the molecule is COCCN(CC(=O)O)C(=O)Nc1ccc(Br)c(Cl)c1Cl. The third kappa shape index (κ3) is 5.35. The average molecular weight is 400 g/mol. The number of ether oxygens (including phenoxy) is 1. The van der Waals surface area contributed by atoms with Crippen LogP contribution in [0.2, 0.25) is 10.0 Å². The Morgan fingerprint density at radius 3 is 2.62 bits per heavy atom. The molecule has 1 aromatic carbocycles. The molecule has 0 saturated carbocycles. The molecule has 116 valence electrons. The number of urea groups is 1. The van der Waals surface area contributed by atoms with Crippen molar-refractivity contribution in [3.63, 3.8) is 0 Å². The molecule has 0 radical (unpaired) electrons. The van der Waals surface area contributed by atoms with Gasteiger partial charge in [-0.3, -0.25) is 4.79 Å². The van der Waals surface area contributed by atoms with E-state index in [1.54, 1.807) is 12.1 Å². The standard InChI is InChI=1S/C12H13BrCl2N2O4/c1-21-5-4-17(6-9(18)19)12(20)16-8-3-2-7(13)10(14)11(8)15/h2-3H,4-6H2,1H3,(H,16,20)(H,18,19). The first-order chi connectivity index (χ1) is 9.86. The summed E-state index contributed by atoms with van der Waals surface area (Å²) in [6.45, 7) is -0.0941. The zero-order chi connectivity index (χ0) is 16.0. The highest BCUT2D eigenvalue weighted by atomic mass is 79.9. The predicted octanol–water partition coefficient (Wildman–Crippen LogP) is 3.32. The van der Waals surface area contributed by atoms with Crippen molar-refractivity contribution in [2.24, 2.45) is 0 Å². The second-order valence-corrected chi connectivity index (χ2v) is 5.57. The lowest BCUT2D eigenvalue weighted by Crippen LogP contribution is -2.40. The number of methoxy groups -OCH3 is 1. The van der Waals surface area contributed by atoms with E-state index in [0.717, 1.165) is 4.90 Å². The summed E-state index contributed by atoms with van der Waals surface area (Å²) in [5, 5.41) is 11.8. The minimum absolute atomic E-state index is 0.135. The van der Waals surface area contributed by atoms with E-state index in [-0.39, 0.29) is 23.2 Å². The third-order valence-electron chi connectivity index (χ3n) is 2.46. The van der Waals surface area contributed by atoms with Crippen molar-refractivity contribution in [3.05, 3.63) is 26.7 Å². The van der Waals surface area contributed by atoms with Gasteiger partial charge in [-0.2, -0.15) is 0 Å². The molecule has 0 bridgehead atoms. The monoisotopic (exact) mass is 398 g/mol. The van der Waals surface area contributed by atoms with Crippen molar-refractivity contribution in [1.29, 1.82) is 0 Å². The van der Waals surface area contributed by atoms with Crippen LogP contribution in [0.25, 0.3) is 0 Å². The van der Waals surface area contributed by atoms with Crippen molar-refractivity contribution in [1.82, 2.24) is 4.90 Å². The number of amides is 2. The molecule has 0 aliphatic carbocycles. The number of carbonyl (C=O) groups is 2. The van der Waals surface area contributed by atoms with Crippen LogP contribution < -0.4 is 5.32 Å².